The third kappa shape index (κ3) is 2.37. The molecule has 1 unspecified atom stereocenters. The highest BCUT2D eigenvalue weighted by Crippen LogP contribution is 2.27. The summed E-state index contributed by atoms with van der Waals surface area (Å²) in [6, 6.07) is 8.49. The van der Waals surface area contributed by atoms with Gasteiger partial charge in [0.2, 0.25) is 0 Å². The summed E-state index contributed by atoms with van der Waals surface area (Å²) in [4.78, 5) is 0. The molecule has 1 atom stereocenters. The lowest BCUT2D eigenvalue weighted by atomic mass is 9.98. The van der Waals surface area contributed by atoms with Crippen LogP contribution in [0.25, 0.3) is 0 Å². The first kappa shape index (κ1) is 13.0. The van der Waals surface area contributed by atoms with Crippen molar-refractivity contribution in [3.63, 3.8) is 0 Å². The highest BCUT2D eigenvalue weighted by atomic mass is 35.5. The van der Waals surface area contributed by atoms with Crippen molar-refractivity contribution >= 4 is 11.6 Å². The van der Waals surface area contributed by atoms with E-state index in [2.05, 4.69) is 0 Å². The first-order valence-corrected chi connectivity index (χ1v) is 5.84. The van der Waals surface area contributed by atoms with E-state index >= 15 is 0 Å². The summed E-state index contributed by atoms with van der Waals surface area (Å²) in [6.45, 7) is 1.66. The molecule has 4 heteroatoms. The lowest BCUT2D eigenvalue weighted by Gasteiger charge is -2.14. The molecule has 0 aliphatic carbocycles. The number of nitrogens with two attached hydrogens (primary N) is 1. The lowest BCUT2D eigenvalue weighted by molar-refractivity contribution is 0.594. The van der Waals surface area contributed by atoms with Crippen molar-refractivity contribution in [3.8, 4) is 0 Å². The van der Waals surface area contributed by atoms with Gasteiger partial charge in [-0.15, -0.1) is 0 Å². The summed E-state index contributed by atoms with van der Waals surface area (Å²) in [5.74, 6) is -0.918. The van der Waals surface area contributed by atoms with Crippen LogP contribution in [0.2, 0.25) is 5.02 Å². The van der Waals surface area contributed by atoms with E-state index in [1.807, 2.05) is 0 Å². The van der Waals surface area contributed by atoms with E-state index in [-0.39, 0.29) is 16.4 Å². The summed E-state index contributed by atoms with van der Waals surface area (Å²) in [7, 11) is 0. The van der Waals surface area contributed by atoms with Crippen LogP contribution in [0.4, 0.5) is 8.78 Å². The van der Waals surface area contributed by atoms with Gasteiger partial charge in [-0.2, -0.15) is 0 Å². The Bertz CT molecular complexity index is 584. The number of halogens is 3. The lowest BCUT2D eigenvalue weighted by Crippen LogP contribution is -2.14. The van der Waals surface area contributed by atoms with Gasteiger partial charge in [0.25, 0.3) is 0 Å². The number of benzene rings is 2. The van der Waals surface area contributed by atoms with E-state index in [0.29, 0.717) is 11.1 Å². The number of aryl methyl sites for hydroxylation is 1. The van der Waals surface area contributed by atoms with Crippen molar-refractivity contribution in [1.82, 2.24) is 0 Å². The number of hydrogen-bond donors (Lipinski definition) is 1. The van der Waals surface area contributed by atoms with E-state index < -0.39 is 11.9 Å². The van der Waals surface area contributed by atoms with Crippen LogP contribution in [0.5, 0.6) is 0 Å². The van der Waals surface area contributed by atoms with Gasteiger partial charge in [0.15, 0.2) is 0 Å². The second-order valence-corrected chi connectivity index (χ2v) is 4.54. The fourth-order valence-corrected chi connectivity index (χ4v) is 1.92. The second-order valence-electron chi connectivity index (χ2n) is 4.13. The van der Waals surface area contributed by atoms with Crippen LogP contribution >= 0.6 is 11.6 Å². The average molecular weight is 268 g/mol. The summed E-state index contributed by atoms with van der Waals surface area (Å²) in [6.07, 6.45) is 0. The van der Waals surface area contributed by atoms with E-state index in [0.717, 1.165) is 0 Å². The summed E-state index contributed by atoms with van der Waals surface area (Å²) in [5.41, 5.74) is 7.23. The normalized spacial score (nSPS) is 12.5. The fraction of sp³-hybridized carbons (Fsp3) is 0.143. The highest BCUT2D eigenvalue weighted by Gasteiger charge is 2.16. The SMILES string of the molecule is Cc1ccc(C(N)c2cccc(Cl)c2F)cc1F. The minimum Gasteiger partial charge on any atom is -0.320 e. The van der Waals surface area contributed by atoms with Crippen LogP contribution in [0.15, 0.2) is 36.4 Å². The molecule has 0 amide bonds. The minimum absolute atomic E-state index is 0.00975. The van der Waals surface area contributed by atoms with Crippen molar-refractivity contribution in [3.05, 3.63) is 69.7 Å². The first-order chi connectivity index (χ1) is 8.50. The van der Waals surface area contributed by atoms with Crippen LogP contribution in [0.3, 0.4) is 0 Å². The molecule has 1 nitrogen and oxygen atoms in total. The van der Waals surface area contributed by atoms with Gasteiger partial charge < -0.3 is 5.73 Å². The number of hydrogen-bond acceptors (Lipinski definition) is 1. The van der Waals surface area contributed by atoms with E-state index in [4.69, 9.17) is 17.3 Å². The Kier molecular flexibility index (Phi) is 3.64. The van der Waals surface area contributed by atoms with Crippen LogP contribution < -0.4 is 5.73 Å². The maximum atomic E-state index is 13.8. The van der Waals surface area contributed by atoms with Crippen LogP contribution in [-0.2, 0) is 0 Å². The van der Waals surface area contributed by atoms with E-state index in [1.165, 1.54) is 12.1 Å². The molecule has 0 saturated carbocycles. The molecule has 0 saturated heterocycles. The molecule has 0 spiro atoms. The van der Waals surface area contributed by atoms with Gasteiger partial charge in [0, 0.05) is 5.56 Å². The molecule has 0 fully saturated rings. The van der Waals surface area contributed by atoms with E-state index in [9.17, 15) is 8.78 Å². The smallest absolute Gasteiger partial charge is 0.146 e. The second kappa shape index (κ2) is 5.04. The van der Waals surface area contributed by atoms with Crippen molar-refractivity contribution in [2.24, 2.45) is 5.73 Å². The standard InChI is InChI=1S/C14H12ClF2N/c1-8-5-6-9(7-12(8)16)14(18)10-3-2-4-11(15)13(10)17/h2-7,14H,18H2,1H3. The Labute approximate surface area is 109 Å². The third-order valence-corrected chi connectivity index (χ3v) is 3.16. The third-order valence-electron chi connectivity index (χ3n) is 2.87. The van der Waals surface area contributed by atoms with Gasteiger partial charge in [-0.25, -0.2) is 8.78 Å². The molecule has 0 heterocycles. The van der Waals surface area contributed by atoms with Crippen LogP contribution in [-0.4, -0.2) is 0 Å². The summed E-state index contributed by atoms with van der Waals surface area (Å²) < 4.78 is 27.3. The molecule has 0 radical (unpaired) electrons. The molecule has 18 heavy (non-hydrogen) atoms. The Balaban J connectivity index is 2.44. The molecule has 2 aromatic carbocycles. The van der Waals surface area contributed by atoms with Gasteiger partial charge in [0.1, 0.15) is 11.6 Å². The average Bonchev–Trinajstić information content (AvgIpc) is 2.35. The predicted octanol–water partition coefficient (Wildman–Crippen LogP) is 3.97. The topological polar surface area (TPSA) is 26.0 Å². The molecule has 94 valence electrons. The van der Waals surface area contributed by atoms with Crippen molar-refractivity contribution in [1.29, 1.82) is 0 Å². The Morgan fingerprint density at radius 2 is 1.89 bits per heavy atom. The molecule has 0 aromatic heterocycles. The van der Waals surface area contributed by atoms with Crippen molar-refractivity contribution < 1.29 is 8.78 Å². The monoisotopic (exact) mass is 267 g/mol. The zero-order chi connectivity index (χ0) is 13.3. The predicted molar refractivity (Wildman–Crippen MR) is 68.6 cm³/mol. The van der Waals surface area contributed by atoms with Gasteiger partial charge in [-0.05, 0) is 30.2 Å². The Morgan fingerprint density at radius 1 is 1.17 bits per heavy atom. The molecule has 2 rings (SSSR count). The molecular formula is C14H12ClF2N. The van der Waals surface area contributed by atoms with Gasteiger partial charge in [0.05, 0.1) is 11.1 Å². The molecule has 0 bridgehead atoms. The zero-order valence-electron chi connectivity index (χ0n) is 9.75. The molecule has 2 N–H and O–H groups in total. The maximum Gasteiger partial charge on any atom is 0.146 e. The van der Waals surface area contributed by atoms with Crippen molar-refractivity contribution in [2.45, 2.75) is 13.0 Å². The first-order valence-electron chi connectivity index (χ1n) is 5.46. The quantitative estimate of drug-likeness (QED) is 0.875. The fourth-order valence-electron chi connectivity index (χ4n) is 1.74. The van der Waals surface area contributed by atoms with Crippen LogP contribution in [0.1, 0.15) is 22.7 Å². The molecule has 2 aromatic rings. The Hall–Kier alpha value is -1.45. The number of rotatable bonds is 2. The summed E-state index contributed by atoms with van der Waals surface area (Å²) in [5, 5.41) is 0.00975. The molecular weight excluding hydrogens is 256 g/mol. The highest BCUT2D eigenvalue weighted by molar-refractivity contribution is 6.30. The molecule has 0 aliphatic heterocycles. The minimum atomic E-state index is -0.737. The van der Waals surface area contributed by atoms with Gasteiger partial charge in [-0.3, -0.25) is 0 Å². The largest absolute Gasteiger partial charge is 0.320 e. The zero-order valence-corrected chi connectivity index (χ0v) is 10.5. The molecule has 0 aliphatic rings. The van der Waals surface area contributed by atoms with Crippen molar-refractivity contribution in [2.75, 3.05) is 0 Å². The van der Waals surface area contributed by atoms with E-state index in [1.54, 1.807) is 31.2 Å². The Morgan fingerprint density at radius 3 is 2.56 bits per heavy atom. The van der Waals surface area contributed by atoms with Crippen LogP contribution in [0, 0.1) is 18.6 Å². The maximum absolute atomic E-state index is 13.8. The van der Waals surface area contributed by atoms with Gasteiger partial charge >= 0.3 is 0 Å². The van der Waals surface area contributed by atoms with Gasteiger partial charge in [-0.1, -0.05) is 35.9 Å². The summed E-state index contributed by atoms with van der Waals surface area (Å²) >= 11 is 5.70.